The van der Waals surface area contributed by atoms with Crippen LogP contribution in [0, 0.1) is 73.9 Å². The van der Waals surface area contributed by atoms with Crippen LogP contribution < -0.4 is 5.32 Å². The summed E-state index contributed by atoms with van der Waals surface area (Å²) >= 11 is 0. The number of allylic oxidation sites excluding steroid dienone is 1. The van der Waals surface area contributed by atoms with E-state index < -0.39 is 28.8 Å². The Morgan fingerprint density at radius 3 is 2.11 bits per heavy atom. The summed E-state index contributed by atoms with van der Waals surface area (Å²) in [5.41, 5.74) is 0.812. The number of fused-ring (bicyclic) bond motifs is 7. The van der Waals surface area contributed by atoms with Crippen molar-refractivity contribution in [2.24, 2.45) is 73.9 Å². The zero-order valence-electron chi connectivity index (χ0n) is 34.9. The van der Waals surface area contributed by atoms with Crippen LogP contribution in [0.5, 0.6) is 0 Å². The molecule has 8 heteroatoms. The van der Waals surface area contributed by atoms with Crippen LogP contribution >= 0.6 is 0 Å². The maximum Gasteiger partial charge on any atom is 0.309 e. The number of aliphatic carboxylic acids is 1. The van der Waals surface area contributed by atoms with Gasteiger partial charge in [-0.05, 0) is 122 Å². The van der Waals surface area contributed by atoms with E-state index in [0.29, 0.717) is 24.7 Å². The van der Waals surface area contributed by atoms with Crippen LogP contribution in [0.15, 0.2) is 11.1 Å². The molecule has 0 unspecified atom stereocenters. The molecule has 54 heavy (non-hydrogen) atoms. The van der Waals surface area contributed by atoms with Crippen LogP contribution in [0.1, 0.15) is 159 Å². The third-order valence-corrected chi connectivity index (χ3v) is 18.6. The third-order valence-electron chi connectivity index (χ3n) is 18.6. The first-order valence-electron chi connectivity index (χ1n) is 21.8. The van der Waals surface area contributed by atoms with Crippen LogP contribution in [0.25, 0.3) is 0 Å². The number of amides is 1. The molecule has 302 valence electrons. The molecule has 0 aliphatic heterocycles. The normalized spacial score (nSPS) is 43.2. The van der Waals surface area contributed by atoms with Crippen molar-refractivity contribution >= 4 is 23.6 Å². The molecule has 6 fully saturated rings. The van der Waals surface area contributed by atoms with Gasteiger partial charge in [0.25, 0.3) is 0 Å². The Kier molecular flexibility index (Phi) is 9.95. The van der Waals surface area contributed by atoms with E-state index >= 15 is 0 Å². The van der Waals surface area contributed by atoms with E-state index in [0.717, 1.165) is 82.6 Å². The molecule has 0 aromatic heterocycles. The summed E-state index contributed by atoms with van der Waals surface area (Å²) in [6.07, 6.45) is 12.7. The number of aliphatic hydroxyl groups excluding tert-OH is 1. The summed E-state index contributed by atoms with van der Waals surface area (Å²) in [4.78, 5) is 52.7. The number of carbonyl (C=O) groups is 4. The molecule has 0 heterocycles. The molecule has 8 nitrogen and oxygen atoms in total. The lowest BCUT2D eigenvalue weighted by Crippen LogP contribution is -2.66. The summed E-state index contributed by atoms with van der Waals surface area (Å²) in [6.45, 7) is 20.5. The van der Waals surface area contributed by atoms with Crippen molar-refractivity contribution < 1.29 is 34.1 Å². The van der Waals surface area contributed by atoms with Gasteiger partial charge < -0.3 is 20.3 Å². The number of rotatable bonds is 8. The largest absolute Gasteiger partial charge is 0.481 e. The first-order valence-corrected chi connectivity index (χ1v) is 21.8. The molecule has 3 N–H and O–H groups in total. The Balaban J connectivity index is 1.13. The van der Waals surface area contributed by atoms with Crippen molar-refractivity contribution in [1.82, 2.24) is 5.32 Å². The van der Waals surface area contributed by atoms with Gasteiger partial charge in [0, 0.05) is 29.7 Å². The zero-order chi connectivity index (χ0) is 39.4. The quantitative estimate of drug-likeness (QED) is 0.212. The lowest BCUT2D eigenvalue weighted by Gasteiger charge is -2.72. The number of carboxylic acids is 1. The highest BCUT2D eigenvalue weighted by Crippen LogP contribution is 2.77. The van der Waals surface area contributed by atoms with E-state index in [-0.39, 0.29) is 75.6 Å². The molecule has 6 saturated carbocycles. The highest BCUT2D eigenvalue weighted by Gasteiger charge is 2.71. The predicted molar refractivity (Wildman–Crippen MR) is 208 cm³/mol. The lowest BCUT2D eigenvalue weighted by atomic mass is 9.33. The third kappa shape index (κ3) is 5.65. The van der Waals surface area contributed by atoms with Gasteiger partial charge in [0.1, 0.15) is 6.10 Å². The van der Waals surface area contributed by atoms with Crippen molar-refractivity contribution in [3.63, 3.8) is 0 Å². The number of Topliss-reactive ketones (excluding diaryl/α,β-unsaturated/α-hetero) is 1. The van der Waals surface area contributed by atoms with E-state index in [1.807, 2.05) is 13.8 Å². The molecule has 7 rings (SSSR count). The Morgan fingerprint density at radius 2 is 1.48 bits per heavy atom. The average Bonchev–Trinajstić information content (AvgIpc) is 3.41. The molecule has 7 aliphatic carbocycles. The summed E-state index contributed by atoms with van der Waals surface area (Å²) in [5, 5.41) is 25.0. The van der Waals surface area contributed by atoms with Gasteiger partial charge in [0.2, 0.25) is 5.91 Å². The Hall–Kier alpha value is -2.22. The maximum atomic E-state index is 14.1. The van der Waals surface area contributed by atoms with Crippen LogP contribution in [-0.2, 0) is 23.9 Å². The highest BCUT2D eigenvalue weighted by atomic mass is 16.5. The minimum atomic E-state index is -0.832. The second kappa shape index (κ2) is 13.4. The van der Waals surface area contributed by atoms with Crippen LogP contribution in [-0.4, -0.2) is 52.6 Å². The van der Waals surface area contributed by atoms with E-state index in [9.17, 15) is 29.4 Å². The number of ketones is 1. The number of hydrogen-bond donors (Lipinski definition) is 3. The average molecular weight is 750 g/mol. The minimum Gasteiger partial charge on any atom is -0.481 e. The number of ether oxygens (including phenoxy) is 1. The standard InChI is InChI=1S/C46H71NO7/c1-26(2)36-31(48)24-46(34(49)25-47-38(50)27-13-11-10-12-14-27)22-21-44(8)28(37(36)46)15-16-33-43(7)19-18-35(42(5,6)32(43)17-20-45(33,44)9)54-40(53)30-23-29(39(51)52)41(30,3)4/h26-30,32-35,49H,10-25H2,1-9H3,(H,47,50)(H,51,52)/t28-,29+,30-,32+,33-,34+,35+,43+,44-,45-,46+/m1/s1. The van der Waals surface area contributed by atoms with E-state index in [2.05, 4.69) is 53.8 Å². The molecule has 0 aromatic carbocycles. The highest BCUT2D eigenvalue weighted by molar-refractivity contribution is 6.00. The van der Waals surface area contributed by atoms with Gasteiger partial charge in [-0.15, -0.1) is 0 Å². The smallest absolute Gasteiger partial charge is 0.309 e. The second-order valence-corrected chi connectivity index (χ2v) is 21.7. The topological polar surface area (TPSA) is 130 Å². The molecule has 0 radical (unpaired) electrons. The number of aliphatic hydroxyl groups is 1. The minimum absolute atomic E-state index is 0.0323. The number of carbonyl (C=O) groups excluding carboxylic acids is 3. The maximum absolute atomic E-state index is 14.1. The first kappa shape index (κ1) is 40.0. The van der Waals surface area contributed by atoms with Gasteiger partial charge in [0.15, 0.2) is 5.78 Å². The summed E-state index contributed by atoms with van der Waals surface area (Å²) < 4.78 is 6.41. The zero-order valence-corrected chi connectivity index (χ0v) is 34.9. The van der Waals surface area contributed by atoms with Crippen LogP contribution in [0.3, 0.4) is 0 Å². The number of carboxylic acid groups (broad SMARTS) is 1. The van der Waals surface area contributed by atoms with Gasteiger partial charge in [-0.1, -0.05) is 87.1 Å². The molecule has 11 atom stereocenters. The summed E-state index contributed by atoms with van der Waals surface area (Å²) in [7, 11) is 0. The molecular weight excluding hydrogens is 679 g/mol. The molecule has 1 amide bonds. The van der Waals surface area contributed by atoms with Gasteiger partial charge in [-0.25, -0.2) is 0 Å². The van der Waals surface area contributed by atoms with Gasteiger partial charge in [0.05, 0.1) is 17.9 Å². The molecule has 0 saturated heterocycles. The Bertz CT molecular complexity index is 1590. The molecule has 0 spiro atoms. The van der Waals surface area contributed by atoms with Crippen molar-refractivity contribution in [2.75, 3.05) is 6.54 Å². The fourth-order valence-electron chi connectivity index (χ4n) is 15.1. The monoisotopic (exact) mass is 750 g/mol. The van der Waals surface area contributed by atoms with Crippen molar-refractivity contribution in [3.05, 3.63) is 11.1 Å². The second-order valence-electron chi connectivity index (χ2n) is 21.7. The van der Waals surface area contributed by atoms with E-state index in [1.165, 1.54) is 12.0 Å². The summed E-state index contributed by atoms with van der Waals surface area (Å²) in [5.74, 6) is -0.505. The number of nitrogens with one attached hydrogen (secondary N) is 1. The van der Waals surface area contributed by atoms with Crippen molar-refractivity contribution in [1.29, 1.82) is 0 Å². The fraction of sp³-hybridized carbons (Fsp3) is 0.870. The first-order chi connectivity index (χ1) is 25.2. The van der Waals surface area contributed by atoms with E-state index in [1.54, 1.807) is 0 Å². The molecule has 0 aromatic rings. The van der Waals surface area contributed by atoms with E-state index in [4.69, 9.17) is 4.74 Å². The fourth-order valence-corrected chi connectivity index (χ4v) is 15.1. The molecule has 0 bridgehead atoms. The van der Waals surface area contributed by atoms with Crippen molar-refractivity contribution in [2.45, 2.75) is 171 Å². The SMILES string of the molecule is CC(C)C1=C2[C@H]3CC[C@@H]4[C@@]5(C)CC[C@H](OC(=O)[C@H]6C[C@@H](C(=O)O)C6(C)C)C(C)(C)[C@@H]5CC[C@@]4(C)[C@]3(C)CC[C@@]2([C@@H](O)CNC(=O)C2CCCCC2)CC1=O. The molecule has 7 aliphatic rings. The number of hydrogen-bond acceptors (Lipinski definition) is 6. The summed E-state index contributed by atoms with van der Waals surface area (Å²) in [6, 6.07) is 0. The van der Waals surface area contributed by atoms with Crippen LogP contribution in [0.4, 0.5) is 0 Å². The van der Waals surface area contributed by atoms with Gasteiger partial charge >= 0.3 is 11.9 Å². The Labute approximate surface area is 324 Å². The predicted octanol–water partition coefficient (Wildman–Crippen LogP) is 8.68. The van der Waals surface area contributed by atoms with Gasteiger partial charge in [-0.3, -0.25) is 19.2 Å². The molecular formula is C46H71NO7. The van der Waals surface area contributed by atoms with Gasteiger partial charge in [-0.2, -0.15) is 0 Å². The van der Waals surface area contributed by atoms with Crippen LogP contribution in [0.2, 0.25) is 0 Å². The lowest BCUT2D eigenvalue weighted by molar-refractivity contribution is -0.238. The number of esters is 1. The Morgan fingerprint density at radius 1 is 0.796 bits per heavy atom. The van der Waals surface area contributed by atoms with Crippen molar-refractivity contribution in [3.8, 4) is 0 Å².